The van der Waals surface area contributed by atoms with E-state index in [1.165, 1.54) is 18.2 Å². The van der Waals surface area contributed by atoms with Crippen LogP contribution in [-0.2, 0) is 14.6 Å². The molecule has 0 radical (unpaired) electrons. The highest BCUT2D eigenvalue weighted by atomic mass is 35.5. The van der Waals surface area contributed by atoms with E-state index in [2.05, 4.69) is 10.6 Å². The Bertz CT molecular complexity index is 1610. The lowest BCUT2D eigenvalue weighted by Crippen LogP contribution is -2.32. The van der Waals surface area contributed by atoms with Gasteiger partial charge in [0.05, 0.1) is 16.3 Å². The number of carbonyl (C=O) groups excluding carboxylic acids is 1. The van der Waals surface area contributed by atoms with Gasteiger partial charge >= 0.3 is 13.6 Å². The maximum Gasteiger partial charge on any atom is 0.345 e. The molecule has 192 valence electrons. The number of carbonyl (C=O) groups is 1. The van der Waals surface area contributed by atoms with Gasteiger partial charge in [-0.3, -0.25) is 8.87 Å². The van der Waals surface area contributed by atoms with E-state index in [1.54, 1.807) is 48.5 Å². The number of fused-ring (bicyclic) bond motifs is 1. The Labute approximate surface area is 222 Å². The molecule has 0 aliphatic heterocycles. The second-order valence-electron chi connectivity index (χ2n) is 7.89. The molecule has 0 saturated heterocycles. The van der Waals surface area contributed by atoms with E-state index < -0.39 is 29.9 Å². The minimum atomic E-state index is -4.88. The van der Waals surface area contributed by atoms with E-state index in [-0.39, 0.29) is 20.6 Å². The van der Waals surface area contributed by atoms with Crippen LogP contribution >= 0.6 is 30.8 Å². The Kier molecular flexibility index (Phi) is 7.80. The lowest BCUT2D eigenvalue weighted by molar-refractivity contribution is 0.262. The molecule has 0 saturated carbocycles. The summed E-state index contributed by atoms with van der Waals surface area (Å²) in [7, 11) is -9.41. The molecule has 0 aliphatic carbocycles. The molecule has 13 heteroatoms. The maximum atomic E-state index is 13.6. The number of anilines is 3. The van der Waals surface area contributed by atoms with Crippen molar-refractivity contribution < 1.29 is 27.6 Å². The Hall–Kier alpha value is -3.11. The number of nitrogens with one attached hydrogen (secondary N) is 2. The largest absolute Gasteiger partial charge is 0.345 e. The first kappa shape index (κ1) is 26.9. The number of urea groups is 1. The standard InChI is InChI=1S/C24H20Cl2N3O6PS/c25-16-12-17(26)14-19(13-16)37(34,35)29(15-36(31,32)33)23-11-5-8-20-21(23)9-4-10-22(20)28-24(30)27-18-6-2-1-3-7-18/h1-14H,15H2,(H2,27,28,30)(H2,31,32,33). The minimum Gasteiger partial charge on any atom is -0.323 e. The summed E-state index contributed by atoms with van der Waals surface area (Å²) in [4.78, 5) is 31.7. The molecule has 0 fully saturated rings. The van der Waals surface area contributed by atoms with Crippen LogP contribution in [0.25, 0.3) is 10.8 Å². The number of rotatable bonds is 7. The van der Waals surface area contributed by atoms with Crippen LogP contribution in [0.15, 0.2) is 89.8 Å². The van der Waals surface area contributed by atoms with Crippen molar-refractivity contribution >= 4 is 74.7 Å². The topological polar surface area (TPSA) is 136 Å². The lowest BCUT2D eigenvalue weighted by atomic mass is 10.1. The number of nitrogens with zero attached hydrogens (tertiary/aromatic N) is 1. The molecule has 0 aliphatic rings. The molecule has 4 rings (SSSR count). The van der Waals surface area contributed by atoms with Gasteiger partial charge in [0.15, 0.2) is 0 Å². The fraction of sp³-hybridized carbons (Fsp3) is 0.0417. The van der Waals surface area contributed by atoms with Gasteiger partial charge in [-0.2, -0.15) is 0 Å². The van der Waals surface area contributed by atoms with Crippen LogP contribution in [0.5, 0.6) is 0 Å². The molecule has 0 aromatic heterocycles. The third kappa shape index (κ3) is 6.42. The zero-order valence-corrected chi connectivity index (χ0v) is 22.1. The van der Waals surface area contributed by atoms with E-state index in [4.69, 9.17) is 23.2 Å². The summed E-state index contributed by atoms with van der Waals surface area (Å²) < 4.78 is 39.9. The van der Waals surface area contributed by atoms with Crippen LogP contribution in [0.2, 0.25) is 10.0 Å². The molecule has 4 aromatic rings. The van der Waals surface area contributed by atoms with E-state index in [0.29, 0.717) is 26.5 Å². The van der Waals surface area contributed by atoms with Crippen LogP contribution in [0, 0.1) is 0 Å². The number of benzene rings is 4. The zero-order valence-electron chi connectivity index (χ0n) is 18.9. The van der Waals surface area contributed by atoms with Gasteiger partial charge < -0.3 is 20.4 Å². The van der Waals surface area contributed by atoms with Gasteiger partial charge in [-0.05, 0) is 42.5 Å². The first-order valence-corrected chi connectivity index (χ1v) is 14.6. The zero-order chi connectivity index (χ0) is 26.8. The molecule has 4 aromatic carbocycles. The smallest absolute Gasteiger partial charge is 0.323 e. The molecule has 0 unspecified atom stereocenters. The van der Waals surface area contributed by atoms with E-state index in [1.807, 2.05) is 6.07 Å². The van der Waals surface area contributed by atoms with Gasteiger partial charge in [-0.1, -0.05) is 65.7 Å². The van der Waals surface area contributed by atoms with Crippen molar-refractivity contribution in [2.45, 2.75) is 4.90 Å². The Morgan fingerprint density at radius 3 is 2.11 bits per heavy atom. The second-order valence-corrected chi connectivity index (χ2v) is 12.2. The highest BCUT2D eigenvalue weighted by Crippen LogP contribution is 2.42. The summed E-state index contributed by atoms with van der Waals surface area (Å²) in [5.41, 5.74) is 0.913. The summed E-state index contributed by atoms with van der Waals surface area (Å²) in [5.74, 6) is 0. The molecule has 4 N–H and O–H groups in total. The first-order chi connectivity index (χ1) is 17.4. The molecule has 37 heavy (non-hydrogen) atoms. The highest BCUT2D eigenvalue weighted by Gasteiger charge is 2.32. The van der Waals surface area contributed by atoms with Gasteiger partial charge in [0.25, 0.3) is 10.0 Å². The number of amides is 2. The Morgan fingerprint density at radius 2 is 1.46 bits per heavy atom. The van der Waals surface area contributed by atoms with E-state index in [0.717, 1.165) is 12.1 Å². The molecule has 0 spiro atoms. The number of sulfonamides is 1. The average Bonchev–Trinajstić information content (AvgIpc) is 2.82. The van der Waals surface area contributed by atoms with E-state index in [9.17, 15) is 27.6 Å². The van der Waals surface area contributed by atoms with Gasteiger partial charge in [-0.15, -0.1) is 0 Å². The summed E-state index contributed by atoms with van der Waals surface area (Å²) in [5, 5.41) is 6.27. The third-order valence-corrected chi connectivity index (χ3v) is 8.20. The summed E-state index contributed by atoms with van der Waals surface area (Å²) >= 11 is 12.0. The predicted molar refractivity (Wildman–Crippen MR) is 146 cm³/mol. The number of hydrogen-bond acceptors (Lipinski definition) is 4. The summed E-state index contributed by atoms with van der Waals surface area (Å²) in [6.07, 6.45) is -1.13. The molecule has 0 bridgehead atoms. The molecular weight excluding hydrogens is 560 g/mol. The van der Waals surface area contributed by atoms with Crippen molar-refractivity contribution in [2.75, 3.05) is 21.2 Å². The van der Waals surface area contributed by atoms with Crippen LogP contribution in [-0.4, -0.2) is 30.5 Å². The van der Waals surface area contributed by atoms with Crippen LogP contribution in [0.3, 0.4) is 0 Å². The SMILES string of the molecule is O=C(Nc1ccccc1)Nc1cccc2c(N(CP(=O)(O)O)S(=O)(=O)c3cc(Cl)cc(Cl)c3)cccc12. The number of halogens is 2. The van der Waals surface area contributed by atoms with Crippen LogP contribution in [0.4, 0.5) is 21.9 Å². The fourth-order valence-electron chi connectivity index (χ4n) is 3.68. The lowest BCUT2D eigenvalue weighted by Gasteiger charge is -2.26. The minimum absolute atomic E-state index is 0.0101. The van der Waals surface area contributed by atoms with Crippen molar-refractivity contribution in [3.63, 3.8) is 0 Å². The average molecular weight is 580 g/mol. The second kappa shape index (κ2) is 10.7. The van der Waals surface area contributed by atoms with Crippen molar-refractivity contribution in [3.05, 3.63) is 95.0 Å². The quantitative estimate of drug-likeness (QED) is 0.195. The molecule has 9 nitrogen and oxygen atoms in total. The van der Waals surface area contributed by atoms with Crippen LogP contribution in [0.1, 0.15) is 0 Å². The highest BCUT2D eigenvalue weighted by molar-refractivity contribution is 7.93. The molecular formula is C24H20Cl2N3O6PS. The first-order valence-electron chi connectivity index (χ1n) is 10.6. The molecule has 0 atom stereocenters. The Balaban J connectivity index is 1.80. The van der Waals surface area contributed by atoms with Crippen molar-refractivity contribution in [2.24, 2.45) is 0 Å². The van der Waals surface area contributed by atoms with Crippen LogP contribution < -0.4 is 14.9 Å². The third-order valence-electron chi connectivity index (χ3n) is 5.18. The monoisotopic (exact) mass is 579 g/mol. The van der Waals surface area contributed by atoms with Gasteiger partial charge in [0, 0.05) is 26.5 Å². The number of hydrogen-bond donors (Lipinski definition) is 4. The summed E-state index contributed by atoms with van der Waals surface area (Å²) in [6.45, 7) is 0. The van der Waals surface area contributed by atoms with E-state index >= 15 is 0 Å². The fourth-order valence-corrected chi connectivity index (χ4v) is 7.11. The van der Waals surface area contributed by atoms with Gasteiger partial charge in [-0.25, -0.2) is 13.2 Å². The molecule has 0 heterocycles. The van der Waals surface area contributed by atoms with Gasteiger partial charge in [0.1, 0.15) is 6.29 Å². The molecule has 2 amide bonds. The van der Waals surface area contributed by atoms with Gasteiger partial charge in [0.2, 0.25) is 0 Å². The van der Waals surface area contributed by atoms with Crippen molar-refractivity contribution in [3.8, 4) is 0 Å². The Morgan fingerprint density at radius 1 is 0.838 bits per heavy atom. The van der Waals surface area contributed by atoms with Crippen molar-refractivity contribution in [1.82, 2.24) is 0 Å². The maximum absolute atomic E-state index is 13.6. The van der Waals surface area contributed by atoms with Crippen molar-refractivity contribution in [1.29, 1.82) is 0 Å². The number of para-hydroxylation sites is 1. The predicted octanol–water partition coefficient (Wildman–Crippen LogP) is 6.12. The normalized spacial score (nSPS) is 11.8. The summed E-state index contributed by atoms with van der Waals surface area (Å²) in [6, 6.07) is 21.2.